The second kappa shape index (κ2) is 7.27. The summed E-state index contributed by atoms with van der Waals surface area (Å²) in [7, 11) is -2.07. The predicted molar refractivity (Wildman–Crippen MR) is 97.9 cm³/mol. The van der Waals surface area contributed by atoms with E-state index in [0.717, 1.165) is 17.0 Å². The molecule has 26 heavy (non-hydrogen) atoms. The van der Waals surface area contributed by atoms with Crippen LogP contribution >= 0.6 is 0 Å². The number of nitrogens with one attached hydrogen (secondary N) is 1. The van der Waals surface area contributed by atoms with Crippen molar-refractivity contribution in [3.05, 3.63) is 65.9 Å². The standard InChI is InChI=1S/C18H20N4O3S/c1-13-10-16(4-5-17(13)25-3)26(23,24)21-12-15-6-7-20-18(11-15)22-9-8-19-14(22)2/h4-11,21H,12H2,1-3H3. The summed E-state index contributed by atoms with van der Waals surface area (Å²) >= 11 is 0. The molecule has 3 rings (SSSR count). The quantitative estimate of drug-likeness (QED) is 0.718. The Hall–Kier alpha value is -2.71. The Labute approximate surface area is 152 Å². The molecule has 1 N–H and O–H groups in total. The fourth-order valence-corrected chi connectivity index (χ4v) is 3.70. The van der Waals surface area contributed by atoms with E-state index >= 15 is 0 Å². The van der Waals surface area contributed by atoms with Gasteiger partial charge in [-0.05, 0) is 55.3 Å². The van der Waals surface area contributed by atoms with Gasteiger partial charge in [-0.3, -0.25) is 4.57 Å². The van der Waals surface area contributed by atoms with Crippen molar-refractivity contribution in [3.63, 3.8) is 0 Å². The number of rotatable bonds is 6. The Morgan fingerprint density at radius 3 is 2.58 bits per heavy atom. The van der Waals surface area contributed by atoms with Crippen LogP contribution in [0.4, 0.5) is 0 Å². The minimum atomic E-state index is -3.63. The first kappa shape index (κ1) is 18.1. The molecule has 0 saturated carbocycles. The molecule has 0 aliphatic heterocycles. The lowest BCUT2D eigenvalue weighted by atomic mass is 10.2. The molecule has 0 unspecified atom stereocenters. The molecule has 0 saturated heterocycles. The van der Waals surface area contributed by atoms with E-state index in [4.69, 9.17) is 4.74 Å². The topological polar surface area (TPSA) is 86.1 Å². The number of imidazole rings is 1. The highest BCUT2D eigenvalue weighted by Gasteiger charge is 2.15. The lowest BCUT2D eigenvalue weighted by Crippen LogP contribution is -2.23. The lowest BCUT2D eigenvalue weighted by Gasteiger charge is -2.11. The number of sulfonamides is 1. The first-order valence-electron chi connectivity index (χ1n) is 8.00. The zero-order valence-corrected chi connectivity index (χ0v) is 15.6. The van der Waals surface area contributed by atoms with Crippen molar-refractivity contribution in [3.8, 4) is 11.6 Å². The van der Waals surface area contributed by atoms with Crippen LogP contribution in [0.5, 0.6) is 5.75 Å². The van der Waals surface area contributed by atoms with E-state index in [0.29, 0.717) is 11.6 Å². The van der Waals surface area contributed by atoms with Gasteiger partial charge in [-0.1, -0.05) is 0 Å². The molecule has 2 aromatic heterocycles. The summed E-state index contributed by atoms with van der Waals surface area (Å²) in [6.07, 6.45) is 5.15. The van der Waals surface area contributed by atoms with Crippen LogP contribution in [0.15, 0.2) is 53.8 Å². The van der Waals surface area contributed by atoms with E-state index in [2.05, 4.69) is 14.7 Å². The van der Waals surface area contributed by atoms with Crippen molar-refractivity contribution in [2.75, 3.05) is 7.11 Å². The Morgan fingerprint density at radius 2 is 1.92 bits per heavy atom. The number of hydrogen-bond donors (Lipinski definition) is 1. The second-order valence-electron chi connectivity index (χ2n) is 5.82. The maximum Gasteiger partial charge on any atom is 0.240 e. The third kappa shape index (κ3) is 3.76. The van der Waals surface area contributed by atoms with Gasteiger partial charge >= 0.3 is 0 Å². The summed E-state index contributed by atoms with van der Waals surface area (Å²) in [4.78, 5) is 8.68. The van der Waals surface area contributed by atoms with E-state index in [1.54, 1.807) is 44.6 Å². The molecule has 136 valence electrons. The molecule has 1 aromatic carbocycles. The minimum Gasteiger partial charge on any atom is -0.496 e. The highest BCUT2D eigenvalue weighted by Crippen LogP contribution is 2.21. The number of pyridine rings is 1. The predicted octanol–water partition coefficient (Wildman–Crippen LogP) is 2.37. The average Bonchev–Trinajstić information content (AvgIpc) is 3.06. The number of hydrogen-bond acceptors (Lipinski definition) is 5. The Morgan fingerprint density at radius 1 is 1.12 bits per heavy atom. The molecule has 0 aliphatic carbocycles. The van der Waals surface area contributed by atoms with Crippen LogP contribution in [-0.4, -0.2) is 30.1 Å². The molecule has 0 atom stereocenters. The Kier molecular flexibility index (Phi) is 5.06. The maximum atomic E-state index is 12.5. The summed E-state index contributed by atoms with van der Waals surface area (Å²) in [6.45, 7) is 3.85. The molecule has 8 heteroatoms. The average molecular weight is 372 g/mol. The third-order valence-corrected chi connectivity index (χ3v) is 5.42. The maximum absolute atomic E-state index is 12.5. The minimum absolute atomic E-state index is 0.163. The summed E-state index contributed by atoms with van der Waals surface area (Å²) < 4.78 is 34.7. The molecular weight excluding hydrogens is 352 g/mol. The summed E-state index contributed by atoms with van der Waals surface area (Å²) in [5, 5.41) is 0. The van der Waals surface area contributed by atoms with Crippen molar-refractivity contribution in [2.24, 2.45) is 0 Å². The van der Waals surface area contributed by atoms with Crippen LogP contribution < -0.4 is 9.46 Å². The number of methoxy groups -OCH3 is 1. The fraction of sp³-hybridized carbons (Fsp3) is 0.222. The smallest absolute Gasteiger partial charge is 0.240 e. The summed E-state index contributed by atoms with van der Waals surface area (Å²) in [5.74, 6) is 2.15. The van der Waals surface area contributed by atoms with Crippen LogP contribution in [0.2, 0.25) is 0 Å². The van der Waals surface area contributed by atoms with Gasteiger partial charge in [-0.2, -0.15) is 0 Å². The van der Waals surface area contributed by atoms with Gasteiger partial charge in [0.2, 0.25) is 10.0 Å². The molecule has 0 spiro atoms. The van der Waals surface area contributed by atoms with Crippen LogP contribution in [-0.2, 0) is 16.6 Å². The van der Waals surface area contributed by atoms with E-state index in [-0.39, 0.29) is 11.4 Å². The molecule has 0 aliphatic rings. The summed E-state index contributed by atoms with van der Waals surface area (Å²) in [5.41, 5.74) is 1.56. The van der Waals surface area contributed by atoms with Crippen molar-refractivity contribution < 1.29 is 13.2 Å². The molecule has 7 nitrogen and oxygen atoms in total. The van der Waals surface area contributed by atoms with E-state index in [9.17, 15) is 8.42 Å². The van der Waals surface area contributed by atoms with Gasteiger partial charge in [0.25, 0.3) is 0 Å². The Bertz CT molecular complexity index is 1030. The number of benzene rings is 1. The van der Waals surface area contributed by atoms with Crippen LogP contribution in [0.25, 0.3) is 5.82 Å². The molecule has 0 bridgehead atoms. The number of ether oxygens (including phenoxy) is 1. The van der Waals surface area contributed by atoms with Gasteiger partial charge in [0, 0.05) is 25.1 Å². The largest absolute Gasteiger partial charge is 0.496 e. The van der Waals surface area contributed by atoms with Crippen molar-refractivity contribution in [2.45, 2.75) is 25.3 Å². The zero-order valence-electron chi connectivity index (χ0n) is 14.8. The lowest BCUT2D eigenvalue weighted by molar-refractivity contribution is 0.411. The van der Waals surface area contributed by atoms with Crippen molar-refractivity contribution in [1.29, 1.82) is 0 Å². The fourth-order valence-electron chi connectivity index (χ4n) is 2.60. The molecular formula is C18H20N4O3S. The normalized spacial score (nSPS) is 11.5. The molecule has 0 radical (unpaired) electrons. The van der Waals surface area contributed by atoms with E-state index < -0.39 is 10.0 Å². The highest BCUT2D eigenvalue weighted by atomic mass is 32.2. The van der Waals surface area contributed by atoms with Crippen LogP contribution in [0.3, 0.4) is 0 Å². The zero-order chi connectivity index (χ0) is 18.7. The first-order chi connectivity index (χ1) is 12.4. The molecule has 2 heterocycles. The van der Waals surface area contributed by atoms with E-state index in [1.807, 2.05) is 23.8 Å². The number of aryl methyl sites for hydroxylation is 2. The monoisotopic (exact) mass is 372 g/mol. The molecule has 0 fully saturated rings. The SMILES string of the molecule is COc1ccc(S(=O)(=O)NCc2ccnc(-n3ccnc3C)c2)cc1C. The molecule has 0 amide bonds. The van der Waals surface area contributed by atoms with Gasteiger partial charge in [0.1, 0.15) is 17.4 Å². The van der Waals surface area contributed by atoms with Crippen molar-refractivity contribution >= 4 is 10.0 Å². The van der Waals surface area contributed by atoms with Gasteiger partial charge in [0.15, 0.2) is 0 Å². The molecule has 3 aromatic rings. The Balaban J connectivity index is 1.78. The summed E-state index contributed by atoms with van der Waals surface area (Å²) in [6, 6.07) is 8.37. The van der Waals surface area contributed by atoms with Gasteiger partial charge in [-0.25, -0.2) is 23.1 Å². The van der Waals surface area contributed by atoms with Gasteiger partial charge < -0.3 is 4.74 Å². The van der Waals surface area contributed by atoms with E-state index in [1.165, 1.54) is 6.07 Å². The second-order valence-corrected chi connectivity index (χ2v) is 7.59. The highest BCUT2D eigenvalue weighted by molar-refractivity contribution is 7.89. The van der Waals surface area contributed by atoms with Crippen LogP contribution in [0.1, 0.15) is 17.0 Å². The first-order valence-corrected chi connectivity index (χ1v) is 9.48. The van der Waals surface area contributed by atoms with Crippen molar-refractivity contribution in [1.82, 2.24) is 19.3 Å². The van der Waals surface area contributed by atoms with Crippen LogP contribution in [0, 0.1) is 13.8 Å². The number of aromatic nitrogens is 3. The third-order valence-electron chi connectivity index (χ3n) is 4.03. The van der Waals surface area contributed by atoms with Gasteiger partial charge in [0.05, 0.1) is 12.0 Å². The number of nitrogens with zero attached hydrogens (tertiary/aromatic N) is 3. The van der Waals surface area contributed by atoms with Gasteiger partial charge in [-0.15, -0.1) is 0 Å².